The summed E-state index contributed by atoms with van der Waals surface area (Å²) in [5, 5.41) is 4.41. The van der Waals surface area contributed by atoms with Gasteiger partial charge < -0.3 is 15.1 Å². The number of furan rings is 1. The smallest absolute Gasteiger partial charge is 0.274 e. The van der Waals surface area contributed by atoms with E-state index in [1.54, 1.807) is 22.1 Å². The van der Waals surface area contributed by atoms with Crippen molar-refractivity contribution in [1.82, 2.24) is 19.6 Å². The Bertz CT molecular complexity index is 679. The molecule has 1 unspecified atom stereocenters. The SMILES string of the molecule is CCN(Cc1ccoc1)C(=O)c1nn(C)cc1CN1CCC(N)C1. The largest absolute Gasteiger partial charge is 0.472 e. The molecule has 1 aliphatic rings. The summed E-state index contributed by atoms with van der Waals surface area (Å²) < 4.78 is 6.81. The van der Waals surface area contributed by atoms with E-state index in [4.69, 9.17) is 10.2 Å². The molecule has 1 aliphatic heterocycles. The molecule has 1 saturated heterocycles. The number of rotatable bonds is 6. The Morgan fingerprint density at radius 1 is 1.54 bits per heavy atom. The first-order valence-electron chi connectivity index (χ1n) is 8.37. The maximum Gasteiger partial charge on any atom is 0.274 e. The van der Waals surface area contributed by atoms with Gasteiger partial charge in [-0.3, -0.25) is 14.4 Å². The number of carbonyl (C=O) groups excluding carboxylic acids is 1. The zero-order chi connectivity index (χ0) is 17.1. The van der Waals surface area contributed by atoms with Gasteiger partial charge in [0, 0.05) is 63.1 Å². The number of hydrogen-bond donors (Lipinski definition) is 1. The second kappa shape index (κ2) is 7.19. The highest BCUT2D eigenvalue weighted by Gasteiger charge is 2.25. The maximum atomic E-state index is 13.0. The van der Waals surface area contributed by atoms with Crippen molar-refractivity contribution in [3.63, 3.8) is 0 Å². The molecule has 3 rings (SSSR count). The van der Waals surface area contributed by atoms with E-state index in [0.29, 0.717) is 25.3 Å². The number of likely N-dealkylation sites (tertiary alicyclic amines) is 1. The Morgan fingerprint density at radius 2 is 2.38 bits per heavy atom. The Kier molecular flexibility index (Phi) is 5.01. The fourth-order valence-corrected chi connectivity index (χ4v) is 3.16. The van der Waals surface area contributed by atoms with Crippen LogP contribution in [0.4, 0.5) is 0 Å². The van der Waals surface area contributed by atoms with E-state index < -0.39 is 0 Å². The first kappa shape index (κ1) is 16.7. The zero-order valence-electron chi connectivity index (χ0n) is 14.3. The van der Waals surface area contributed by atoms with Crippen LogP contribution < -0.4 is 5.73 Å². The van der Waals surface area contributed by atoms with Gasteiger partial charge in [0.1, 0.15) is 0 Å². The number of aryl methyl sites for hydroxylation is 1. The third-order valence-corrected chi connectivity index (χ3v) is 4.43. The van der Waals surface area contributed by atoms with E-state index in [1.807, 2.05) is 26.2 Å². The molecule has 3 heterocycles. The van der Waals surface area contributed by atoms with Gasteiger partial charge in [-0.15, -0.1) is 0 Å². The van der Waals surface area contributed by atoms with Gasteiger partial charge in [0.25, 0.3) is 5.91 Å². The van der Waals surface area contributed by atoms with Crippen LogP contribution in [-0.4, -0.2) is 51.2 Å². The van der Waals surface area contributed by atoms with E-state index in [-0.39, 0.29) is 11.9 Å². The molecule has 0 aromatic carbocycles. The van der Waals surface area contributed by atoms with Crippen molar-refractivity contribution >= 4 is 5.91 Å². The molecule has 1 amide bonds. The quantitative estimate of drug-likeness (QED) is 0.860. The first-order valence-corrected chi connectivity index (χ1v) is 8.37. The van der Waals surface area contributed by atoms with Crippen molar-refractivity contribution in [3.05, 3.63) is 41.6 Å². The van der Waals surface area contributed by atoms with Gasteiger partial charge in [-0.05, 0) is 19.4 Å². The van der Waals surface area contributed by atoms with Crippen molar-refractivity contribution in [2.45, 2.75) is 32.5 Å². The molecule has 2 aromatic rings. The van der Waals surface area contributed by atoms with Gasteiger partial charge in [0.05, 0.1) is 12.5 Å². The van der Waals surface area contributed by atoms with Crippen molar-refractivity contribution in [1.29, 1.82) is 0 Å². The van der Waals surface area contributed by atoms with E-state index in [0.717, 1.165) is 30.6 Å². The monoisotopic (exact) mass is 331 g/mol. The van der Waals surface area contributed by atoms with Crippen molar-refractivity contribution in [2.24, 2.45) is 12.8 Å². The van der Waals surface area contributed by atoms with Crippen LogP contribution >= 0.6 is 0 Å². The highest BCUT2D eigenvalue weighted by Crippen LogP contribution is 2.17. The van der Waals surface area contributed by atoms with Crippen LogP contribution in [0.1, 0.15) is 35.0 Å². The minimum atomic E-state index is -0.0437. The third-order valence-electron chi connectivity index (χ3n) is 4.43. The van der Waals surface area contributed by atoms with Gasteiger partial charge >= 0.3 is 0 Å². The minimum Gasteiger partial charge on any atom is -0.472 e. The zero-order valence-corrected chi connectivity index (χ0v) is 14.3. The average molecular weight is 331 g/mol. The first-order chi connectivity index (χ1) is 11.6. The summed E-state index contributed by atoms with van der Waals surface area (Å²) in [7, 11) is 1.85. The summed E-state index contributed by atoms with van der Waals surface area (Å²) in [6, 6.07) is 2.11. The lowest BCUT2D eigenvalue weighted by molar-refractivity contribution is 0.0743. The molecule has 0 aliphatic carbocycles. The molecular weight excluding hydrogens is 306 g/mol. The number of aromatic nitrogens is 2. The summed E-state index contributed by atoms with van der Waals surface area (Å²) in [6.07, 6.45) is 6.23. The van der Waals surface area contributed by atoms with Crippen LogP contribution in [0.2, 0.25) is 0 Å². The molecule has 2 N–H and O–H groups in total. The molecule has 1 fully saturated rings. The lowest BCUT2D eigenvalue weighted by Crippen LogP contribution is -2.32. The van der Waals surface area contributed by atoms with Crippen LogP contribution in [0.15, 0.2) is 29.2 Å². The van der Waals surface area contributed by atoms with E-state index in [9.17, 15) is 4.79 Å². The van der Waals surface area contributed by atoms with Crippen molar-refractivity contribution < 1.29 is 9.21 Å². The summed E-state index contributed by atoms with van der Waals surface area (Å²) in [5.74, 6) is -0.0437. The van der Waals surface area contributed by atoms with Crippen LogP contribution in [0, 0.1) is 0 Å². The number of amides is 1. The molecule has 7 heteroatoms. The molecule has 7 nitrogen and oxygen atoms in total. The summed E-state index contributed by atoms with van der Waals surface area (Å²) in [4.78, 5) is 17.0. The highest BCUT2D eigenvalue weighted by atomic mass is 16.3. The van der Waals surface area contributed by atoms with E-state index >= 15 is 0 Å². The van der Waals surface area contributed by atoms with Crippen LogP contribution in [-0.2, 0) is 20.1 Å². The standard InChI is InChI=1S/C17H25N5O2/c1-3-22(8-13-5-7-24-12-13)17(23)16-14(9-20(2)19-16)10-21-6-4-15(18)11-21/h5,7,9,12,15H,3-4,6,8,10-11,18H2,1-2H3. The summed E-state index contributed by atoms with van der Waals surface area (Å²) in [6.45, 7) is 5.67. The maximum absolute atomic E-state index is 13.0. The number of nitrogens with two attached hydrogens (primary N) is 1. The summed E-state index contributed by atoms with van der Waals surface area (Å²) >= 11 is 0. The Balaban J connectivity index is 1.75. The Morgan fingerprint density at radius 3 is 3.00 bits per heavy atom. The van der Waals surface area contributed by atoms with Crippen LogP contribution in [0.3, 0.4) is 0 Å². The normalized spacial score (nSPS) is 18.2. The molecule has 2 aromatic heterocycles. The molecule has 0 saturated carbocycles. The van der Waals surface area contributed by atoms with Gasteiger partial charge in [0.15, 0.2) is 5.69 Å². The fraction of sp³-hybridized carbons (Fsp3) is 0.529. The highest BCUT2D eigenvalue weighted by molar-refractivity contribution is 5.93. The van der Waals surface area contributed by atoms with Crippen LogP contribution in [0.5, 0.6) is 0 Å². The summed E-state index contributed by atoms with van der Waals surface area (Å²) in [5.41, 5.74) is 8.45. The van der Waals surface area contributed by atoms with Gasteiger partial charge in [0.2, 0.25) is 0 Å². The second-order valence-corrected chi connectivity index (χ2v) is 6.41. The number of nitrogens with zero attached hydrogens (tertiary/aromatic N) is 4. The lowest BCUT2D eigenvalue weighted by atomic mass is 10.2. The second-order valence-electron chi connectivity index (χ2n) is 6.41. The van der Waals surface area contributed by atoms with Crippen LogP contribution in [0.25, 0.3) is 0 Å². The lowest BCUT2D eigenvalue weighted by Gasteiger charge is -2.20. The molecule has 0 radical (unpaired) electrons. The minimum absolute atomic E-state index is 0.0437. The van der Waals surface area contributed by atoms with Gasteiger partial charge in [-0.2, -0.15) is 5.10 Å². The van der Waals surface area contributed by atoms with E-state index in [1.165, 1.54) is 0 Å². The molecule has 0 bridgehead atoms. The average Bonchev–Trinajstić information content (AvgIpc) is 3.27. The Hall–Kier alpha value is -2.12. The topological polar surface area (TPSA) is 80.5 Å². The van der Waals surface area contributed by atoms with E-state index in [2.05, 4.69) is 10.00 Å². The predicted molar refractivity (Wildman–Crippen MR) is 90.2 cm³/mol. The molecular formula is C17H25N5O2. The van der Waals surface area contributed by atoms with Crippen molar-refractivity contribution in [2.75, 3.05) is 19.6 Å². The molecule has 1 atom stereocenters. The van der Waals surface area contributed by atoms with Gasteiger partial charge in [-0.25, -0.2) is 0 Å². The molecule has 24 heavy (non-hydrogen) atoms. The number of carbonyl (C=O) groups is 1. The van der Waals surface area contributed by atoms with Gasteiger partial charge in [-0.1, -0.05) is 0 Å². The number of hydrogen-bond acceptors (Lipinski definition) is 5. The van der Waals surface area contributed by atoms with Crippen molar-refractivity contribution in [3.8, 4) is 0 Å². The molecule has 130 valence electrons. The third kappa shape index (κ3) is 3.68. The predicted octanol–water partition coefficient (Wildman–Crippen LogP) is 1.21. The molecule has 0 spiro atoms. The Labute approximate surface area is 142 Å². The fourth-order valence-electron chi connectivity index (χ4n) is 3.16.